The second kappa shape index (κ2) is 5.29. The Hall–Kier alpha value is -1.81. The van der Waals surface area contributed by atoms with E-state index in [-0.39, 0.29) is 6.10 Å². The average molecular weight is 271 g/mol. The maximum absolute atomic E-state index is 6.08. The predicted molar refractivity (Wildman–Crippen MR) is 83.1 cm³/mol. The Morgan fingerprint density at radius 1 is 1.35 bits per heavy atom. The van der Waals surface area contributed by atoms with Crippen molar-refractivity contribution < 1.29 is 4.74 Å². The summed E-state index contributed by atoms with van der Waals surface area (Å²) in [5.41, 5.74) is 9.12. The molecule has 0 amide bonds. The van der Waals surface area contributed by atoms with E-state index in [1.807, 2.05) is 19.2 Å². The fourth-order valence-corrected chi connectivity index (χ4v) is 2.84. The summed E-state index contributed by atoms with van der Waals surface area (Å²) in [5, 5.41) is 2.22. The number of fused-ring (bicyclic) bond motifs is 1. The van der Waals surface area contributed by atoms with E-state index in [4.69, 9.17) is 10.5 Å². The van der Waals surface area contributed by atoms with Crippen LogP contribution >= 0.6 is 0 Å². The first-order chi connectivity index (χ1) is 9.65. The van der Waals surface area contributed by atoms with E-state index >= 15 is 0 Å². The molecule has 1 saturated heterocycles. The van der Waals surface area contributed by atoms with Crippen LogP contribution in [0.25, 0.3) is 10.8 Å². The van der Waals surface area contributed by atoms with Crippen LogP contribution in [-0.2, 0) is 4.74 Å². The standard InChI is InChI=1S/C16H21N3O/c1-11-8-13-14(9-18-11)15(17)4-5-16(13)19-6-3-7-20-12(2)10-19/h4-5,8-9,12H,3,6-7,10,17H2,1-2H3. The van der Waals surface area contributed by atoms with Crippen molar-refractivity contribution in [2.75, 3.05) is 30.3 Å². The highest BCUT2D eigenvalue weighted by atomic mass is 16.5. The molecule has 0 aliphatic carbocycles. The van der Waals surface area contributed by atoms with Gasteiger partial charge < -0.3 is 15.4 Å². The van der Waals surface area contributed by atoms with Gasteiger partial charge in [-0.15, -0.1) is 0 Å². The number of benzene rings is 1. The van der Waals surface area contributed by atoms with Gasteiger partial charge in [-0.2, -0.15) is 0 Å². The molecule has 106 valence electrons. The third kappa shape index (κ3) is 2.43. The maximum atomic E-state index is 6.08. The van der Waals surface area contributed by atoms with Crippen LogP contribution in [0.1, 0.15) is 19.0 Å². The molecule has 1 aromatic heterocycles. The number of hydrogen-bond donors (Lipinski definition) is 1. The molecule has 1 aliphatic rings. The van der Waals surface area contributed by atoms with Gasteiger partial charge in [-0.3, -0.25) is 4.98 Å². The van der Waals surface area contributed by atoms with Gasteiger partial charge in [0.25, 0.3) is 0 Å². The number of aryl methyl sites for hydroxylation is 1. The number of rotatable bonds is 1. The highest BCUT2D eigenvalue weighted by molar-refractivity contribution is 6.01. The minimum atomic E-state index is 0.257. The topological polar surface area (TPSA) is 51.4 Å². The molecule has 20 heavy (non-hydrogen) atoms. The molecular formula is C16H21N3O. The van der Waals surface area contributed by atoms with Crippen molar-refractivity contribution in [1.82, 2.24) is 4.98 Å². The third-order valence-electron chi connectivity index (χ3n) is 3.84. The largest absolute Gasteiger partial charge is 0.398 e. The number of nitrogen functional groups attached to an aromatic ring is 1. The molecule has 2 N–H and O–H groups in total. The van der Waals surface area contributed by atoms with Crippen LogP contribution in [0.5, 0.6) is 0 Å². The zero-order chi connectivity index (χ0) is 14.1. The van der Waals surface area contributed by atoms with Gasteiger partial charge in [-0.05, 0) is 38.5 Å². The smallest absolute Gasteiger partial charge is 0.0721 e. The predicted octanol–water partition coefficient (Wildman–Crippen LogP) is 2.74. The second-order valence-electron chi connectivity index (χ2n) is 5.53. The van der Waals surface area contributed by atoms with Gasteiger partial charge in [-0.25, -0.2) is 0 Å². The van der Waals surface area contributed by atoms with E-state index in [1.165, 1.54) is 11.1 Å². The van der Waals surface area contributed by atoms with Crippen LogP contribution < -0.4 is 10.6 Å². The fourth-order valence-electron chi connectivity index (χ4n) is 2.84. The van der Waals surface area contributed by atoms with Crippen molar-refractivity contribution in [2.24, 2.45) is 0 Å². The van der Waals surface area contributed by atoms with Crippen molar-refractivity contribution in [3.63, 3.8) is 0 Å². The summed E-state index contributed by atoms with van der Waals surface area (Å²) in [6, 6.07) is 6.22. The molecule has 4 nitrogen and oxygen atoms in total. The van der Waals surface area contributed by atoms with Gasteiger partial charge in [0, 0.05) is 53.7 Å². The summed E-state index contributed by atoms with van der Waals surface area (Å²) in [6.07, 6.45) is 3.19. The Bertz CT molecular complexity index is 626. The third-order valence-corrected chi connectivity index (χ3v) is 3.84. The molecular weight excluding hydrogens is 250 g/mol. The Balaban J connectivity index is 2.10. The summed E-state index contributed by atoms with van der Waals surface area (Å²) in [4.78, 5) is 6.77. The molecule has 0 spiro atoms. The van der Waals surface area contributed by atoms with Crippen LogP contribution in [0.4, 0.5) is 11.4 Å². The minimum Gasteiger partial charge on any atom is -0.398 e. The van der Waals surface area contributed by atoms with Crippen molar-refractivity contribution in [3.05, 3.63) is 30.1 Å². The molecule has 1 aliphatic heterocycles. The number of anilines is 2. The van der Waals surface area contributed by atoms with Gasteiger partial charge in [0.2, 0.25) is 0 Å². The molecule has 4 heteroatoms. The van der Waals surface area contributed by atoms with Crippen molar-refractivity contribution in [1.29, 1.82) is 0 Å². The van der Waals surface area contributed by atoms with E-state index in [1.54, 1.807) is 0 Å². The van der Waals surface area contributed by atoms with Gasteiger partial charge in [0.05, 0.1) is 6.10 Å². The first-order valence-electron chi connectivity index (χ1n) is 7.16. The maximum Gasteiger partial charge on any atom is 0.0721 e. The summed E-state index contributed by atoms with van der Waals surface area (Å²) in [6.45, 7) is 6.92. The Kier molecular flexibility index (Phi) is 3.49. The number of nitrogens with two attached hydrogens (primary N) is 1. The van der Waals surface area contributed by atoms with Crippen LogP contribution in [0.15, 0.2) is 24.4 Å². The first kappa shape index (κ1) is 13.2. The Morgan fingerprint density at radius 3 is 3.05 bits per heavy atom. The molecule has 1 fully saturated rings. The van der Waals surface area contributed by atoms with E-state index in [2.05, 4.69) is 28.9 Å². The SMILES string of the molecule is Cc1cc2c(N3CCCOC(C)C3)ccc(N)c2cn1. The van der Waals surface area contributed by atoms with E-state index in [9.17, 15) is 0 Å². The monoisotopic (exact) mass is 271 g/mol. The fraction of sp³-hybridized carbons (Fsp3) is 0.438. The minimum absolute atomic E-state index is 0.257. The second-order valence-corrected chi connectivity index (χ2v) is 5.53. The van der Waals surface area contributed by atoms with Crippen molar-refractivity contribution >= 4 is 22.1 Å². The molecule has 3 rings (SSSR count). The summed E-state index contributed by atoms with van der Waals surface area (Å²) < 4.78 is 5.74. The molecule has 2 heterocycles. The number of pyridine rings is 1. The van der Waals surface area contributed by atoms with E-state index in [0.717, 1.165) is 42.9 Å². The lowest BCUT2D eigenvalue weighted by molar-refractivity contribution is 0.0821. The lowest BCUT2D eigenvalue weighted by atomic mass is 10.1. The van der Waals surface area contributed by atoms with Crippen LogP contribution in [0, 0.1) is 6.92 Å². The number of aromatic nitrogens is 1. The quantitative estimate of drug-likeness (QED) is 0.810. The molecule has 0 radical (unpaired) electrons. The summed E-state index contributed by atoms with van der Waals surface area (Å²) in [7, 11) is 0. The zero-order valence-electron chi connectivity index (χ0n) is 12.1. The highest BCUT2D eigenvalue weighted by Gasteiger charge is 2.18. The number of hydrogen-bond acceptors (Lipinski definition) is 4. The summed E-state index contributed by atoms with van der Waals surface area (Å²) in [5.74, 6) is 0. The molecule has 1 unspecified atom stereocenters. The van der Waals surface area contributed by atoms with Crippen LogP contribution in [0.2, 0.25) is 0 Å². The van der Waals surface area contributed by atoms with E-state index in [0.29, 0.717) is 0 Å². The molecule has 2 aromatic rings. The Morgan fingerprint density at radius 2 is 2.20 bits per heavy atom. The normalized spacial score (nSPS) is 20.1. The lowest BCUT2D eigenvalue weighted by Crippen LogP contribution is -2.30. The molecule has 1 atom stereocenters. The Labute approximate surface area is 119 Å². The molecule has 0 saturated carbocycles. The van der Waals surface area contributed by atoms with Gasteiger partial charge in [-0.1, -0.05) is 0 Å². The number of nitrogens with zero attached hydrogens (tertiary/aromatic N) is 2. The highest BCUT2D eigenvalue weighted by Crippen LogP contribution is 2.31. The average Bonchev–Trinajstić information content (AvgIpc) is 2.63. The van der Waals surface area contributed by atoms with Gasteiger partial charge in [0.15, 0.2) is 0 Å². The van der Waals surface area contributed by atoms with Crippen molar-refractivity contribution in [2.45, 2.75) is 26.4 Å². The molecule has 1 aromatic carbocycles. The number of ether oxygens (including phenoxy) is 1. The van der Waals surface area contributed by atoms with E-state index < -0.39 is 0 Å². The summed E-state index contributed by atoms with van der Waals surface area (Å²) >= 11 is 0. The molecule has 0 bridgehead atoms. The van der Waals surface area contributed by atoms with Crippen LogP contribution in [-0.4, -0.2) is 30.8 Å². The lowest BCUT2D eigenvalue weighted by Gasteiger charge is -2.26. The van der Waals surface area contributed by atoms with Crippen LogP contribution in [0.3, 0.4) is 0 Å². The van der Waals surface area contributed by atoms with Crippen molar-refractivity contribution in [3.8, 4) is 0 Å². The first-order valence-corrected chi connectivity index (χ1v) is 7.16. The van der Waals surface area contributed by atoms with Gasteiger partial charge >= 0.3 is 0 Å². The zero-order valence-corrected chi connectivity index (χ0v) is 12.1. The van der Waals surface area contributed by atoms with Gasteiger partial charge in [0.1, 0.15) is 0 Å².